The molecule has 0 radical (unpaired) electrons. The number of fused-ring (bicyclic) bond motifs is 1. The second-order valence-electron chi connectivity index (χ2n) is 8.55. The molecule has 0 saturated carbocycles. The van der Waals surface area contributed by atoms with E-state index in [9.17, 15) is 18.4 Å². The molecule has 3 heterocycles. The third-order valence-corrected chi connectivity index (χ3v) is 8.36. The molecule has 9 nitrogen and oxygen atoms in total. The van der Waals surface area contributed by atoms with E-state index < -0.39 is 10.0 Å². The number of piperazine rings is 1. The highest BCUT2D eigenvalue weighted by Crippen LogP contribution is 2.25. The Morgan fingerprint density at radius 3 is 2.36 bits per heavy atom. The highest BCUT2D eigenvalue weighted by Gasteiger charge is 2.31. The molecule has 11 heteroatoms. The van der Waals surface area contributed by atoms with E-state index in [0.717, 1.165) is 21.9 Å². The van der Waals surface area contributed by atoms with Crippen LogP contribution in [0.25, 0.3) is 21.9 Å². The number of halogens is 1. The van der Waals surface area contributed by atoms with Crippen LogP contribution in [0.4, 0.5) is 0 Å². The lowest BCUT2D eigenvalue weighted by molar-refractivity contribution is -0.605. The predicted octanol–water partition coefficient (Wildman–Crippen LogP) is 3.04. The first-order valence-corrected chi connectivity index (χ1v) is 13.0. The van der Waals surface area contributed by atoms with Gasteiger partial charge in [-0.2, -0.15) is 9.04 Å². The SMILES string of the molecule is Cc1c[n+]([O-])ccc1-c1cnc(C(=O)N2CCN(S(=O)(=O)c3ccc4cc(Cl)ccc4c3)CC2)nc1. The van der Waals surface area contributed by atoms with E-state index in [0.29, 0.717) is 15.3 Å². The second-order valence-corrected chi connectivity index (χ2v) is 10.9. The molecule has 1 aliphatic heterocycles. The summed E-state index contributed by atoms with van der Waals surface area (Å²) in [5, 5.41) is 13.6. The third kappa shape index (κ3) is 4.62. The summed E-state index contributed by atoms with van der Waals surface area (Å²) in [5.74, 6) is -0.320. The van der Waals surface area contributed by atoms with Gasteiger partial charge < -0.3 is 10.1 Å². The van der Waals surface area contributed by atoms with Gasteiger partial charge in [-0.1, -0.05) is 23.7 Å². The van der Waals surface area contributed by atoms with Crippen molar-refractivity contribution in [2.75, 3.05) is 26.2 Å². The largest absolute Gasteiger partial charge is 0.619 e. The molecule has 4 aromatic rings. The number of carbonyl (C=O) groups excluding carboxylic acids is 1. The van der Waals surface area contributed by atoms with Crippen molar-refractivity contribution < 1.29 is 17.9 Å². The molecule has 0 N–H and O–H groups in total. The first-order chi connectivity index (χ1) is 17.2. The Hall–Kier alpha value is -3.60. The average Bonchev–Trinajstić information content (AvgIpc) is 2.88. The van der Waals surface area contributed by atoms with Crippen molar-refractivity contribution >= 4 is 38.3 Å². The minimum atomic E-state index is -3.71. The van der Waals surface area contributed by atoms with Gasteiger partial charge in [0.1, 0.15) is 0 Å². The van der Waals surface area contributed by atoms with E-state index >= 15 is 0 Å². The number of rotatable bonds is 4. The molecule has 0 spiro atoms. The van der Waals surface area contributed by atoms with E-state index in [2.05, 4.69) is 9.97 Å². The summed E-state index contributed by atoms with van der Waals surface area (Å²) in [5.41, 5.74) is 2.26. The zero-order valence-electron chi connectivity index (χ0n) is 19.3. The van der Waals surface area contributed by atoms with Crippen molar-refractivity contribution in [1.82, 2.24) is 19.2 Å². The normalized spacial score (nSPS) is 14.8. The van der Waals surface area contributed by atoms with E-state index in [4.69, 9.17) is 11.6 Å². The highest BCUT2D eigenvalue weighted by molar-refractivity contribution is 7.89. The number of sulfonamides is 1. The lowest BCUT2D eigenvalue weighted by Crippen LogP contribution is -2.50. The van der Waals surface area contributed by atoms with Gasteiger partial charge in [-0.25, -0.2) is 18.4 Å². The van der Waals surface area contributed by atoms with Gasteiger partial charge in [0.25, 0.3) is 5.91 Å². The van der Waals surface area contributed by atoms with Crippen LogP contribution in [-0.2, 0) is 10.0 Å². The van der Waals surface area contributed by atoms with E-state index in [1.165, 1.54) is 16.7 Å². The zero-order chi connectivity index (χ0) is 25.4. The molecule has 0 unspecified atom stereocenters. The lowest BCUT2D eigenvalue weighted by atomic mass is 10.1. The number of benzene rings is 2. The molecule has 0 atom stereocenters. The Morgan fingerprint density at radius 1 is 1.00 bits per heavy atom. The minimum absolute atomic E-state index is 0.0377. The van der Waals surface area contributed by atoms with Crippen LogP contribution in [0.2, 0.25) is 5.02 Å². The molecule has 1 aliphatic rings. The van der Waals surface area contributed by atoms with Crippen LogP contribution < -0.4 is 4.73 Å². The van der Waals surface area contributed by atoms with Crippen LogP contribution in [0.1, 0.15) is 16.2 Å². The summed E-state index contributed by atoms with van der Waals surface area (Å²) < 4.78 is 28.5. The van der Waals surface area contributed by atoms with Crippen LogP contribution in [0, 0.1) is 12.1 Å². The number of hydrogen-bond acceptors (Lipinski definition) is 6. The minimum Gasteiger partial charge on any atom is -0.619 e. The van der Waals surface area contributed by atoms with Gasteiger partial charge in [-0.05, 0) is 47.5 Å². The van der Waals surface area contributed by atoms with E-state index in [-0.39, 0.29) is 42.8 Å². The maximum Gasteiger partial charge on any atom is 0.291 e. The fraction of sp³-hybridized carbons (Fsp3) is 0.200. The number of nitrogens with zero attached hydrogens (tertiary/aromatic N) is 5. The van der Waals surface area contributed by atoms with Gasteiger partial charge in [-0.15, -0.1) is 0 Å². The van der Waals surface area contributed by atoms with Gasteiger partial charge in [-0.3, -0.25) is 4.79 Å². The molecule has 1 fully saturated rings. The predicted molar refractivity (Wildman–Crippen MR) is 135 cm³/mol. The highest BCUT2D eigenvalue weighted by atomic mass is 35.5. The lowest BCUT2D eigenvalue weighted by Gasteiger charge is -2.33. The van der Waals surface area contributed by atoms with Crippen molar-refractivity contribution in [3.8, 4) is 11.1 Å². The van der Waals surface area contributed by atoms with Crippen LogP contribution in [0.3, 0.4) is 0 Å². The number of carbonyl (C=O) groups is 1. The van der Waals surface area contributed by atoms with Gasteiger partial charge in [0.15, 0.2) is 12.4 Å². The Kier molecular flexibility index (Phi) is 6.33. The number of hydrogen-bond donors (Lipinski definition) is 0. The Morgan fingerprint density at radius 2 is 1.67 bits per heavy atom. The summed E-state index contributed by atoms with van der Waals surface area (Å²) in [6, 6.07) is 11.9. The van der Waals surface area contributed by atoms with Crippen molar-refractivity contribution in [2.24, 2.45) is 0 Å². The quantitative estimate of drug-likeness (QED) is 0.300. The van der Waals surface area contributed by atoms with Crippen molar-refractivity contribution in [3.63, 3.8) is 0 Å². The summed E-state index contributed by atoms with van der Waals surface area (Å²) >= 11 is 6.02. The molecular formula is C25H22ClN5O4S. The Labute approximate surface area is 213 Å². The fourth-order valence-corrected chi connectivity index (χ4v) is 5.90. The molecule has 2 aromatic carbocycles. The number of aromatic nitrogens is 3. The van der Waals surface area contributed by atoms with Crippen molar-refractivity contribution in [2.45, 2.75) is 11.8 Å². The molecule has 0 aliphatic carbocycles. The van der Waals surface area contributed by atoms with Crippen LogP contribution in [-0.4, -0.2) is 59.7 Å². The van der Waals surface area contributed by atoms with E-state index in [1.54, 1.807) is 59.8 Å². The standard InChI is InChI=1S/C25H22ClN5O4S/c1-17-16-30(33)7-6-23(17)20-14-27-24(28-15-20)25(32)29-8-10-31(11-9-29)36(34,35)22-5-3-18-12-21(26)4-2-19(18)13-22/h2-7,12-16H,8-11H2,1H3. The van der Waals surface area contributed by atoms with Gasteiger partial charge in [0, 0.05) is 60.8 Å². The summed E-state index contributed by atoms with van der Waals surface area (Å²) in [7, 11) is -3.71. The summed E-state index contributed by atoms with van der Waals surface area (Å²) in [4.78, 5) is 23.1. The first-order valence-electron chi connectivity index (χ1n) is 11.2. The van der Waals surface area contributed by atoms with Crippen LogP contribution >= 0.6 is 11.6 Å². The molecule has 0 bridgehead atoms. The number of aryl methyl sites for hydroxylation is 1. The molecule has 1 saturated heterocycles. The van der Waals surface area contributed by atoms with Gasteiger partial charge >= 0.3 is 0 Å². The molecule has 5 rings (SSSR count). The maximum absolute atomic E-state index is 13.2. The van der Waals surface area contributed by atoms with Crippen molar-refractivity contribution in [3.05, 3.63) is 88.9 Å². The zero-order valence-corrected chi connectivity index (χ0v) is 20.9. The molecule has 184 valence electrons. The molecule has 36 heavy (non-hydrogen) atoms. The molecule has 1 amide bonds. The topological polar surface area (TPSA) is 110 Å². The Balaban J connectivity index is 1.27. The van der Waals surface area contributed by atoms with Gasteiger partial charge in [0.05, 0.1) is 4.90 Å². The maximum atomic E-state index is 13.2. The van der Waals surface area contributed by atoms with E-state index in [1.807, 2.05) is 6.92 Å². The van der Waals surface area contributed by atoms with Gasteiger partial charge in [0.2, 0.25) is 15.8 Å². The number of pyridine rings is 1. The third-order valence-electron chi connectivity index (χ3n) is 6.23. The smallest absolute Gasteiger partial charge is 0.291 e. The number of amides is 1. The van der Waals surface area contributed by atoms with Crippen molar-refractivity contribution in [1.29, 1.82) is 0 Å². The molecular weight excluding hydrogens is 502 g/mol. The summed E-state index contributed by atoms with van der Waals surface area (Å²) in [6.07, 6.45) is 5.94. The molecule has 2 aromatic heterocycles. The monoisotopic (exact) mass is 523 g/mol. The summed E-state index contributed by atoms with van der Waals surface area (Å²) in [6.45, 7) is 2.61. The average molecular weight is 524 g/mol. The van der Waals surface area contributed by atoms with Crippen LogP contribution in [0.15, 0.2) is 72.1 Å². The fourth-order valence-electron chi connectivity index (χ4n) is 4.26. The Bertz CT molecular complexity index is 1570. The van der Waals surface area contributed by atoms with Crippen LogP contribution in [0.5, 0.6) is 0 Å². The second kappa shape index (κ2) is 9.45. The first kappa shape index (κ1) is 24.1.